The quantitative estimate of drug-likeness (QED) is 0.400. The molecule has 0 radical (unpaired) electrons. The normalized spacial score (nSPS) is 9.75. The molecule has 8 heavy (non-hydrogen) atoms. The third-order valence-corrected chi connectivity index (χ3v) is 0.486. The van der Waals surface area contributed by atoms with E-state index < -0.39 is 5.97 Å². The van der Waals surface area contributed by atoms with Crippen LogP contribution in [0, 0.1) is 0 Å². The van der Waals surface area contributed by atoms with E-state index in [1.807, 2.05) is 0 Å². The van der Waals surface area contributed by atoms with E-state index in [1.54, 1.807) is 6.92 Å². The Labute approximate surface area is 47.0 Å². The van der Waals surface area contributed by atoms with Crippen LogP contribution >= 0.6 is 0 Å². The van der Waals surface area contributed by atoms with Gasteiger partial charge in [-0.1, -0.05) is 0 Å². The molecule has 0 aliphatic rings. The first-order valence-corrected chi connectivity index (χ1v) is 2.24. The third kappa shape index (κ3) is 3.33. The van der Waals surface area contributed by atoms with Crippen molar-refractivity contribution < 1.29 is 13.9 Å². The lowest BCUT2D eigenvalue weighted by Crippen LogP contribution is -1.97. The molecule has 0 heterocycles. The Bertz CT molecular complexity index is 98.6. The fraction of sp³-hybridized carbons (Fsp3) is 0.400. The van der Waals surface area contributed by atoms with E-state index in [0.29, 0.717) is 0 Å². The summed E-state index contributed by atoms with van der Waals surface area (Å²) in [5.41, 5.74) is 0. The van der Waals surface area contributed by atoms with E-state index in [-0.39, 0.29) is 12.9 Å². The molecule has 3 heteroatoms. The topological polar surface area (TPSA) is 26.3 Å². The molecular weight excluding hydrogens is 111 g/mol. The fourth-order valence-corrected chi connectivity index (χ4v) is 0.242. The van der Waals surface area contributed by atoms with Gasteiger partial charge in [0.25, 0.3) is 0 Å². The molecule has 0 aliphatic carbocycles. The number of carbonyl (C=O) groups is 1. The minimum Gasteiger partial charge on any atom is -0.463 e. The van der Waals surface area contributed by atoms with Crippen LogP contribution in [0.15, 0.2) is 12.4 Å². The molecule has 0 amide bonds. The van der Waals surface area contributed by atoms with Gasteiger partial charge in [-0.3, -0.25) is 0 Å². The van der Waals surface area contributed by atoms with Crippen molar-refractivity contribution in [3.8, 4) is 0 Å². The van der Waals surface area contributed by atoms with Crippen LogP contribution in [-0.2, 0) is 9.53 Å². The molecule has 2 nitrogen and oxygen atoms in total. The summed E-state index contributed by atoms with van der Waals surface area (Å²) >= 11 is 0. The number of hydrogen-bond acceptors (Lipinski definition) is 2. The molecule has 0 saturated carbocycles. The first-order chi connectivity index (χ1) is 3.81. The van der Waals surface area contributed by atoms with E-state index in [9.17, 15) is 9.18 Å². The second kappa shape index (κ2) is 4.30. The lowest BCUT2D eigenvalue weighted by Gasteiger charge is -1.91. The highest BCUT2D eigenvalue weighted by molar-refractivity contribution is 5.81. The summed E-state index contributed by atoms with van der Waals surface area (Å²) in [7, 11) is 0. The Morgan fingerprint density at radius 3 is 2.88 bits per heavy atom. The van der Waals surface area contributed by atoms with E-state index in [2.05, 4.69) is 4.74 Å². The largest absolute Gasteiger partial charge is 0.463 e. The van der Waals surface area contributed by atoms with Crippen molar-refractivity contribution in [2.45, 2.75) is 6.92 Å². The lowest BCUT2D eigenvalue weighted by molar-refractivity contribution is -0.137. The Morgan fingerprint density at radius 2 is 2.50 bits per heavy atom. The smallest absolute Gasteiger partial charge is 0.333 e. The minimum atomic E-state index is -0.644. The van der Waals surface area contributed by atoms with Crippen molar-refractivity contribution in [1.82, 2.24) is 0 Å². The van der Waals surface area contributed by atoms with Crippen LogP contribution < -0.4 is 0 Å². The van der Waals surface area contributed by atoms with Gasteiger partial charge in [-0.05, 0) is 6.92 Å². The second-order valence-electron chi connectivity index (χ2n) is 1.04. The molecule has 46 valence electrons. The van der Waals surface area contributed by atoms with Gasteiger partial charge >= 0.3 is 5.97 Å². The van der Waals surface area contributed by atoms with Crippen molar-refractivity contribution in [3.05, 3.63) is 12.4 Å². The molecule has 0 spiro atoms. The minimum absolute atomic E-state index is 0.151. The Kier molecular flexibility index (Phi) is 3.84. The SMILES string of the molecule is CCOC(=O)C=CF. The first-order valence-electron chi connectivity index (χ1n) is 2.24. The molecule has 0 bridgehead atoms. The van der Waals surface area contributed by atoms with Gasteiger partial charge < -0.3 is 4.74 Å². The maximum atomic E-state index is 11.1. The number of carbonyl (C=O) groups excluding carboxylic acids is 1. The summed E-state index contributed by atoms with van der Waals surface area (Å²) in [5.74, 6) is -0.644. The van der Waals surface area contributed by atoms with Gasteiger partial charge in [-0.15, -0.1) is 0 Å². The highest BCUT2D eigenvalue weighted by Crippen LogP contribution is 1.79. The van der Waals surface area contributed by atoms with Crippen molar-refractivity contribution in [1.29, 1.82) is 0 Å². The molecule has 0 aromatic heterocycles. The van der Waals surface area contributed by atoms with E-state index in [4.69, 9.17) is 0 Å². The molecule has 0 fully saturated rings. The van der Waals surface area contributed by atoms with Gasteiger partial charge in [-0.2, -0.15) is 0 Å². The van der Waals surface area contributed by atoms with Crippen molar-refractivity contribution in [2.75, 3.05) is 6.61 Å². The summed E-state index contributed by atoms with van der Waals surface area (Å²) in [5, 5.41) is 0. The summed E-state index contributed by atoms with van der Waals surface area (Å²) in [6.07, 6.45) is 0.876. The average Bonchev–Trinajstić information content (AvgIpc) is 1.68. The van der Waals surface area contributed by atoms with Crippen LogP contribution in [0.4, 0.5) is 4.39 Å². The molecule has 0 aliphatic heterocycles. The zero-order valence-corrected chi connectivity index (χ0v) is 4.56. The molecule has 0 unspecified atom stereocenters. The van der Waals surface area contributed by atoms with E-state index in [0.717, 1.165) is 6.08 Å². The van der Waals surface area contributed by atoms with Crippen molar-refractivity contribution in [2.24, 2.45) is 0 Å². The molecule has 0 atom stereocenters. The second-order valence-corrected chi connectivity index (χ2v) is 1.04. The number of ether oxygens (including phenoxy) is 1. The zero-order chi connectivity index (χ0) is 6.41. The van der Waals surface area contributed by atoms with Crippen molar-refractivity contribution >= 4 is 5.97 Å². The Hall–Kier alpha value is -0.860. The number of esters is 1. The molecule has 0 rings (SSSR count). The predicted molar refractivity (Wildman–Crippen MR) is 26.9 cm³/mol. The van der Waals surface area contributed by atoms with E-state index in [1.165, 1.54) is 0 Å². The maximum Gasteiger partial charge on any atom is 0.333 e. The fourth-order valence-electron chi connectivity index (χ4n) is 0.242. The average molecular weight is 118 g/mol. The summed E-state index contributed by atoms with van der Waals surface area (Å²) in [4.78, 5) is 10.1. The molecule has 0 saturated heterocycles. The van der Waals surface area contributed by atoms with Crippen molar-refractivity contribution in [3.63, 3.8) is 0 Å². The highest BCUT2D eigenvalue weighted by Gasteiger charge is 1.89. The standard InChI is InChI=1S/C5H7FO2/c1-2-8-5(7)3-4-6/h3-4H,2H2,1H3. The van der Waals surface area contributed by atoms with E-state index >= 15 is 0 Å². The van der Waals surface area contributed by atoms with Gasteiger partial charge in [0.15, 0.2) is 0 Å². The third-order valence-electron chi connectivity index (χ3n) is 0.486. The van der Waals surface area contributed by atoms with Gasteiger partial charge in [0, 0.05) is 0 Å². The Morgan fingerprint density at radius 1 is 1.88 bits per heavy atom. The molecular formula is C5H7FO2. The van der Waals surface area contributed by atoms with Crippen LogP contribution in [0.25, 0.3) is 0 Å². The Balaban J connectivity index is 3.33. The monoisotopic (exact) mass is 118 g/mol. The maximum absolute atomic E-state index is 11.1. The predicted octanol–water partition coefficient (Wildman–Crippen LogP) is 1.03. The number of rotatable bonds is 2. The van der Waals surface area contributed by atoms with Gasteiger partial charge in [0.05, 0.1) is 19.0 Å². The van der Waals surface area contributed by atoms with Gasteiger partial charge in [-0.25, -0.2) is 9.18 Å². The zero-order valence-electron chi connectivity index (χ0n) is 4.56. The first kappa shape index (κ1) is 7.14. The van der Waals surface area contributed by atoms with Crippen LogP contribution in [0.2, 0.25) is 0 Å². The highest BCUT2D eigenvalue weighted by atomic mass is 19.1. The molecule has 0 aromatic rings. The summed E-state index contributed by atoms with van der Waals surface area (Å²) in [6, 6.07) is 0. The van der Waals surface area contributed by atoms with Crippen LogP contribution in [-0.4, -0.2) is 12.6 Å². The summed E-state index contributed by atoms with van der Waals surface area (Å²) < 4.78 is 15.4. The number of hydrogen-bond donors (Lipinski definition) is 0. The lowest BCUT2D eigenvalue weighted by atomic mass is 10.6. The number of halogens is 1. The van der Waals surface area contributed by atoms with Gasteiger partial charge in [0.1, 0.15) is 0 Å². The summed E-state index contributed by atoms with van der Waals surface area (Å²) in [6.45, 7) is 1.94. The van der Waals surface area contributed by atoms with Crippen LogP contribution in [0.1, 0.15) is 6.92 Å². The van der Waals surface area contributed by atoms with Crippen LogP contribution in [0.5, 0.6) is 0 Å². The molecule has 0 aromatic carbocycles. The van der Waals surface area contributed by atoms with Crippen LogP contribution in [0.3, 0.4) is 0 Å². The molecule has 0 N–H and O–H groups in total. The van der Waals surface area contributed by atoms with Gasteiger partial charge in [0.2, 0.25) is 0 Å².